The van der Waals surface area contributed by atoms with Gasteiger partial charge in [-0.25, -0.2) is 9.97 Å². The van der Waals surface area contributed by atoms with Gasteiger partial charge < -0.3 is 20.1 Å². The molecule has 1 heterocycles. The monoisotopic (exact) mass is 378 g/mol. The molecule has 1 aromatic heterocycles. The van der Waals surface area contributed by atoms with Gasteiger partial charge in [0.25, 0.3) is 5.91 Å². The second-order valence-electron chi connectivity index (χ2n) is 6.31. The van der Waals surface area contributed by atoms with Crippen molar-refractivity contribution < 1.29 is 14.3 Å². The molecule has 0 unspecified atom stereocenters. The molecule has 0 radical (unpaired) electrons. The molecule has 2 N–H and O–H groups in total. The zero-order valence-electron chi connectivity index (χ0n) is 16.2. The van der Waals surface area contributed by atoms with Crippen molar-refractivity contribution in [2.75, 3.05) is 24.9 Å². The van der Waals surface area contributed by atoms with E-state index in [1.165, 1.54) is 19.5 Å². The Morgan fingerprint density at radius 2 is 1.68 bits per heavy atom. The highest BCUT2D eigenvalue weighted by molar-refractivity contribution is 6.03. The summed E-state index contributed by atoms with van der Waals surface area (Å²) in [6.45, 7) is 4.06. The normalized spacial score (nSPS) is 10.3. The van der Waals surface area contributed by atoms with E-state index >= 15 is 0 Å². The number of amides is 1. The summed E-state index contributed by atoms with van der Waals surface area (Å²) in [7, 11) is 3.09. The van der Waals surface area contributed by atoms with Gasteiger partial charge in [0.2, 0.25) is 0 Å². The zero-order chi connectivity index (χ0) is 20.1. The minimum Gasteiger partial charge on any atom is -0.497 e. The van der Waals surface area contributed by atoms with Gasteiger partial charge >= 0.3 is 0 Å². The van der Waals surface area contributed by atoms with Crippen molar-refractivity contribution in [1.29, 1.82) is 0 Å². The van der Waals surface area contributed by atoms with Crippen LogP contribution >= 0.6 is 0 Å². The molecule has 0 aliphatic heterocycles. The van der Waals surface area contributed by atoms with Crippen LogP contribution in [-0.4, -0.2) is 30.1 Å². The molecule has 0 bridgehead atoms. The van der Waals surface area contributed by atoms with E-state index in [0.717, 1.165) is 16.8 Å². The molecule has 28 heavy (non-hydrogen) atoms. The maximum Gasteiger partial charge on any atom is 0.275 e. The van der Waals surface area contributed by atoms with E-state index in [-0.39, 0.29) is 5.69 Å². The number of benzene rings is 2. The van der Waals surface area contributed by atoms with E-state index in [1.54, 1.807) is 25.3 Å². The van der Waals surface area contributed by atoms with Crippen LogP contribution in [0.2, 0.25) is 0 Å². The van der Waals surface area contributed by atoms with Crippen LogP contribution in [0.5, 0.6) is 11.5 Å². The lowest BCUT2D eigenvalue weighted by Gasteiger charge is -2.12. The second kappa shape index (κ2) is 8.39. The predicted octanol–water partition coefficient (Wildman–Crippen LogP) is 4.11. The maximum atomic E-state index is 12.5. The Hall–Kier alpha value is -3.61. The fraction of sp³-hybridized carbons (Fsp3) is 0.190. The Balaban J connectivity index is 1.73. The Morgan fingerprint density at radius 3 is 2.29 bits per heavy atom. The highest BCUT2D eigenvalue weighted by Crippen LogP contribution is 2.29. The molecular formula is C21H22N4O3. The number of aryl methyl sites for hydroxylation is 2. The summed E-state index contributed by atoms with van der Waals surface area (Å²) in [5.74, 6) is 1.29. The first-order valence-electron chi connectivity index (χ1n) is 8.69. The number of ether oxygens (including phenoxy) is 2. The maximum absolute atomic E-state index is 12.5. The molecule has 0 saturated carbocycles. The number of nitrogens with zero attached hydrogens (tertiary/aromatic N) is 2. The fourth-order valence-corrected chi connectivity index (χ4v) is 2.80. The van der Waals surface area contributed by atoms with E-state index in [0.29, 0.717) is 23.0 Å². The van der Waals surface area contributed by atoms with Crippen molar-refractivity contribution >= 4 is 23.1 Å². The van der Waals surface area contributed by atoms with Crippen molar-refractivity contribution in [2.45, 2.75) is 13.8 Å². The Morgan fingerprint density at radius 1 is 0.929 bits per heavy atom. The van der Waals surface area contributed by atoms with Gasteiger partial charge in [-0.2, -0.15) is 0 Å². The van der Waals surface area contributed by atoms with Crippen molar-refractivity contribution in [3.8, 4) is 11.5 Å². The summed E-state index contributed by atoms with van der Waals surface area (Å²) in [4.78, 5) is 21.0. The number of rotatable bonds is 6. The van der Waals surface area contributed by atoms with Crippen molar-refractivity contribution in [3.63, 3.8) is 0 Å². The first-order valence-corrected chi connectivity index (χ1v) is 8.69. The number of carbonyl (C=O) groups excluding carboxylic acids is 1. The molecule has 144 valence electrons. The van der Waals surface area contributed by atoms with Gasteiger partial charge in [-0.05, 0) is 49.2 Å². The molecule has 3 aromatic rings. The third-order valence-corrected chi connectivity index (χ3v) is 4.03. The topological polar surface area (TPSA) is 85.4 Å². The van der Waals surface area contributed by atoms with E-state index in [2.05, 4.69) is 26.7 Å². The van der Waals surface area contributed by atoms with Gasteiger partial charge in [0.15, 0.2) is 0 Å². The van der Waals surface area contributed by atoms with Crippen LogP contribution in [0.15, 0.2) is 48.8 Å². The number of aromatic nitrogens is 2. The van der Waals surface area contributed by atoms with Crippen LogP contribution in [0.4, 0.5) is 17.2 Å². The fourth-order valence-electron chi connectivity index (χ4n) is 2.80. The molecular weight excluding hydrogens is 356 g/mol. The summed E-state index contributed by atoms with van der Waals surface area (Å²) >= 11 is 0. The standard InChI is InChI=1S/C21H22N4O3/c1-13-7-14(2)9-15(8-13)24-20-12-22-18(11-23-20)21(26)25-17-10-16(27-3)5-6-19(17)28-4/h5-12H,1-4H3,(H,23,24)(H,25,26). The molecule has 2 aromatic carbocycles. The van der Waals surface area contributed by atoms with Crippen molar-refractivity contribution in [2.24, 2.45) is 0 Å². The molecule has 7 nitrogen and oxygen atoms in total. The van der Waals surface area contributed by atoms with E-state index in [1.807, 2.05) is 26.0 Å². The SMILES string of the molecule is COc1ccc(OC)c(NC(=O)c2cnc(Nc3cc(C)cc(C)c3)cn2)c1. The number of nitrogens with one attached hydrogen (secondary N) is 2. The molecule has 7 heteroatoms. The number of methoxy groups -OCH3 is 2. The summed E-state index contributed by atoms with van der Waals surface area (Å²) in [6.07, 6.45) is 2.95. The summed E-state index contributed by atoms with van der Waals surface area (Å²) in [5.41, 5.74) is 3.91. The van der Waals surface area contributed by atoms with E-state index < -0.39 is 5.91 Å². The second-order valence-corrected chi connectivity index (χ2v) is 6.31. The quantitative estimate of drug-likeness (QED) is 0.671. The van der Waals surface area contributed by atoms with Crippen LogP contribution in [0.3, 0.4) is 0 Å². The van der Waals surface area contributed by atoms with Gasteiger partial charge in [-0.3, -0.25) is 4.79 Å². The molecule has 0 aliphatic carbocycles. The van der Waals surface area contributed by atoms with Crippen LogP contribution in [0.25, 0.3) is 0 Å². The summed E-state index contributed by atoms with van der Waals surface area (Å²) in [6, 6.07) is 11.3. The predicted molar refractivity (Wildman–Crippen MR) is 109 cm³/mol. The molecule has 0 fully saturated rings. The van der Waals surface area contributed by atoms with E-state index in [4.69, 9.17) is 9.47 Å². The lowest BCUT2D eigenvalue weighted by molar-refractivity contribution is 0.102. The lowest BCUT2D eigenvalue weighted by Crippen LogP contribution is -2.15. The van der Waals surface area contributed by atoms with Crippen molar-refractivity contribution in [3.05, 3.63) is 65.6 Å². The average Bonchev–Trinajstić information content (AvgIpc) is 2.67. The van der Waals surface area contributed by atoms with Gasteiger partial charge in [0.05, 0.1) is 32.3 Å². The minimum absolute atomic E-state index is 0.191. The first kappa shape index (κ1) is 19.2. The third kappa shape index (κ3) is 4.56. The number of carbonyl (C=O) groups is 1. The molecule has 0 aliphatic rings. The van der Waals surface area contributed by atoms with Crippen LogP contribution in [0, 0.1) is 13.8 Å². The molecule has 0 saturated heterocycles. The summed E-state index contributed by atoms with van der Waals surface area (Å²) < 4.78 is 10.5. The minimum atomic E-state index is -0.392. The third-order valence-electron chi connectivity index (χ3n) is 4.03. The van der Waals surface area contributed by atoms with Gasteiger partial charge in [-0.1, -0.05) is 6.07 Å². The molecule has 1 amide bonds. The highest BCUT2D eigenvalue weighted by Gasteiger charge is 2.13. The van der Waals surface area contributed by atoms with Gasteiger partial charge in [-0.15, -0.1) is 0 Å². The van der Waals surface area contributed by atoms with Gasteiger partial charge in [0.1, 0.15) is 23.0 Å². The van der Waals surface area contributed by atoms with Crippen molar-refractivity contribution in [1.82, 2.24) is 9.97 Å². The Kier molecular flexibility index (Phi) is 5.74. The summed E-state index contributed by atoms with van der Waals surface area (Å²) in [5, 5.41) is 5.96. The van der Waals surface area contributed by atoms with Crippen LogP contribution < -0.4 is 20.1 Å². The first-order chi connectivity index (χ1) is 13.5. The zero-order valence-corrected chi connectivity index (χ0v) is 16.2. The number of hydrogen-bond donors (Lipinski definition) is 2. The lowest BCUT2D eigenvalue weighted by atomic mass is 10.1. The van der Waals surface area contributed by atoms with Crippen LogP contribution in [-0.2, 0) is 0 Å². The Bertz CT molecular complexity index is 967. The van der Waals surface area contributed by atoms with Gasteiger partial charge in [0, 0.05) is 11.8 Å². The Labute approximate surface area is 163 Å². The smallest absolute Gasteiger partial charge is 0.275 e. The van der Waals surface area contributed by atoms with E-state index in [9.17, 15) is 4.79 Å². The molecule has 0 atom stereocenters. The number of hydrogen-bond acceptors (Lipinski definition) is 6. The largest absolute Gasteiger partial charge is 0.497 e. The number of anilines is 3. The molecule has 3 rings (SSSR count). The average molecular weight is 378 g/mol. The highest BCUT2D eigenvalue weighted by atomic mass is 16.5. The van der Waals surface area contributed by atoms with Crippen LogP contribution in [0.1, 0.15) is 21.6 Å². The molecule has 0 spiro atoms.